The van der Waals surface area contributed by atoms with E-state index in [-0.39, 0.29) is 11.1 Å². The highest BCUT2D eigenvalue weighted by Gasteiger charge is 2.36. The van der Waals surface area contributed by atoms with Crippen molar-refractivity contribution >= 4 is 17.3 Å². The van der Waals surface area contributed by atoms with E-state index in [1.54, 1.807) is 0 Å². The molecule has 2 rings (SSSR count). The summed E-state index contributed by atoms with van der Waals surface area (Å²) in [5, 5.41) is 4.50. The maximum absolute atomic E-state index is 6.04. The lowest BCUT2D eigenvalue weighted by Gasteiger charge is -2.49. The van der Waals surface area contributed by atoms with E-state index in [2.05, 4.69) is 50.9 Å². The molecule has 1 aromatic carbocycles. The van der Waals surface area contributed by atoms with Crippen molar-refractivity contribution in [2.75, 3.05) is 18.0 Å². The number of aryl methyl sites for hydroxylation is 1. The number of anilines is 1. The van der Waals surface area contributed by atoms with Gasteiger partial charge in [0.2, 0.25) is 0 Å². The summed E-state index contributed by atoms with van der Waals surface area (Å²) in [5.41, 5.74) is 2.78. The van der Waals surface area contributed by atoms with Crippen molar-refractivity contribution in [3.05, 3.63) is 28.8 Å². The van der Waals surface area contributed by atoms with Gasteiger partial charge in [-0.2, -0.15) is 0 Å². The molecule has 1 N–H and O–H groups in total. The zero-order chi connectivity index (χ0) is 13.6. The number of piperazine rings is 1. The second kappa shape index (κ2) is 4.43. The monoisotopic (exact) mass is 266 g/mol. The van der Waals surface area contributed by atoms with E-state index in [4.69, 9.17) is 11.6 Å². The fourth-order valence-corrected chi connectivity index (χ4v) is 3.38. The molecular weight excluding hydrogens is 244 g/mol. The summed E-state index contributed by atoms with van der Waals surface area (Å²) < 4.78 is 0. The van der Waals surface area contributed by atoms with Crippen LogP contribution < -0.4 is 10.2 Å². The molecule has 0 radical (unpaired) electrons. The highest BCUT2D eigenvalue weighted by molar-refractivity contribution is 6.30. The Morgan fingerprint density at radius 3 is 2.17 bits per heavy atom. The van der Waals surface area contributed by atoms with Crippen LogP contribution in [-0.4, -0.2) is 24.2 Å². The summed E-state index contributed by atoms with van der Waals surface area (Å²) in [5.74, 6) is 0. The molecule has 1 saturated heterocycles. The van der Waals surface area contributed by atoms with Crippen LogP contribution in [0.25, 0.3) is 0 Å². The van der Waals surface area contributed by atoms with Crippen molar-refractivity contribution in [3.63, 3.8) is 0 Å². The summed E-state index contributed by atoms with van der Waals surface area (Å²) in [7, 11) is 0. The molecule has 2 nitrogen and oxygen atoms in total. The van der Waals surface area contributed by atoms with E-state index in [1.165, 1.54) is 11.3 Å². The lowest BCUT2D eigenvalue weighted by molar-refractivity contribution is 0.226. The predicted octanol–water partition coefficient (Wildman–Crippen LogP) is 3.62. The van der Waals surface area contributed by atoms with Gasteiger partial charge in [-0.05, 0) is 58.4 Å². The van der Waals surface area contributed by atoms with Crippen LogP contribution >= 0.6 is 11.6 Å². The summed E-state index contributed by atoms with van der Waals surface area (Å²) in [6, 6.07) is 6.15. The minimum Gasteiger partial charge on any atom is -0.368 e. The molecule has 0 spiro atoms. The molecule has 3 heteroatoms. The summed E-state index contributed by atoms with van der Waals surface area (Å²) in [6.45, 7) is 13.2. The average molecular weight is 267 g/mol. The number of nitrogens with one attached hydrogen (secondary N) is 1. The molecule has 1 heterocycles. The molecule has 1 fully saturated rings. The minimum absolute atomic E-state index is 0.119. The first-order valence-electron chi connectivity index (χ1n) is 6.49. The van der Waals surface area contributed by atoms with Gasteiger partial charge in [0.25, 0.3) is 0 Å². The fourth-order valence-electron chi connectivity index (χ4n) is 3.15. The maximum atomic E-state index is 6.04. The number of nitrogens with zero attached hydrogens (tertiary/aromatic N) is 1. The number of halogens is 1. The molecule has 0 unspecified atom stereocenters. The first kappa shape index (κ1) is 13.7. The summed E-state index contributed by atoms with van der Waals surface area (Å²) >= 11 is 6.04. The van der Waals surface area contributed by atoms with Crippen molar-refractivity contribution in [2.45, 2.75) is 45.7 Å². The van der Waals surface area contributed by atoms with Crippen LogP contribution in [0.4, 0.5) is 5.69 Å². The van der Waals surface area contributed by atoms with Crippen LogP contribution in [0.5, 0.6) is 0 Å². The normalized spacial score (nSPS) is 22.0. The Balaban J connectivity index is 2.32. The Hall–Kier alpha value is -0.730. The zero-order valence-electron chi connectivity index (χ0n) is 12.0. The quantitative estimate of drug-likeness (QED) is 0.835. The van der Waals surface area contributed by atoms with Crippen molar-refractivity contribution < 1.29 is 0 Å². The van der Waals surface area contributed by atoms with Crippen LogP contribution in [0.15, 0.2) is 18.2 Å². The minimum atomic E-state index is 0.119. The van der Waals surface area contributed by atoms with Crippen LogP contribution in [-0.2, 0) is 0 Å². The Bertz CT molecular complexity index is 436. The van der Waals surface area contributed by atoms with Gasteiger partial charge in [0.05, 0.1) is 0 Å². The van der Waals surface area contributed by atoms with Gasteiger partial charge in [-0.3, -0.25) is 0 Å². The predicted molar refractivity (Wildman–Crippen MR) is 79.7 cm³/mol. The van der Waals surface area contributed by atoms with Gasteiger partial charge in [-0.1, -0.05) is 11.6 Å². The van der Waals surface area contributed by atoms with E-state index in [9.17, 15) is 0 Å². The summed E-state index contributed by atoms with van der Waals surface area (Å²) in [4.78, 5) is 2.46. The number of benzene rings is 1. The second-order valence-corrected chi connectivity index (χ2v) is 7.12. The third-order valence-corrected chi connectivity index (χ3v) is 3.58. The van der Waals surface area contributed by atoms with Gasteiger partial charge in [0.1, 0.15) is 0 Å². The Kier molecular flexibility index (Phi) is 3.37. The average Bonchev–Trinajstić information content (AvgIpc) is 2.11. The maximum Gasteiger partial charge on any atom is 0.0410 e. The van der Waals surface area contributed by atoms with E-state index < -0.39 is 0 Å². The van der Waals surface area contributed by atoms with Gasteiger partial charge >= 0.3 is 0 Å². The SMILES string of the molecule is Cc1cc(Cl)ccc1N1CC(C)(C)NC(C)(C)C1. The van der Waals surface area contributed by atoms with Crippen molar-refractivity contribution in [3.8, 4) is 0 Å². The third kappa shape index (κ3) is 2.99. The Morgan fingerprint density at radius 2 is 1.67 bits per heavy atom. The molecule has 1 aromatic rings. The van der Waals surface area contributed by atoms with Crippen LogP contribution in [0.1, 0.15) is 33.3 Å². The molecule has 0 aromatic heterocycles. The van der Waals surface area contributed by atoms with Crippen molar-refractivity contribution in [1.29, 1.82) is 0 Å². The molecule has 100 valence electrons. The van der Waals surface area contributed by atoms with Gasteiger partial charge in [0.15, 0.2) is 0 Å². The van der Waals surface area contributed by atoms with E-state index in [0.29, 0.717) is 0 Å². The smallest absolute Gasteiger partial charge is 0.0410 e. The van der Waals surface area contributed by atoms with E-state index in [0.717, 1.165) is 18.1 Å². The first-order chi connectivity index (χ1) is 8.19. The lowest BCUT2D eigenvalue weighted by atomic mass is 9.90. The Labute approximate surface area is 115 Å². The van der Waals surface area contributed by atoms with E-state index >= 15 is 0 Å². The van der Waals surface area contributed by atoms with E-state index in [1.807, 2.05) is 12.1 Å². The number of hydrogen-bond acceptors (Lipinski definition) is 2. The zero-order valence-corrected chi connectivity index (χ0v) is 12.7. The highest BCUT2D eigenvalue weighted by Crippen LogP contribution is 2.29. The van der Waals surface area contributed by atoms with Crippen LogP contribution in [0.2, 0.25) is 5.02 Å². The third-order valence-electron chi connectivity index (χ3n) is 3.35. The highest BCUT2D eigenvalue weighted by atomic mass is 35.5. The molecule has 1 aliphatic heterocycles. The topological polar surface area (TPSA) is 15.3 Å². The first-order valence-corrected chi connectivity index (χ1v) is 6.87. The van der Waals surface area contributed by atoms with Gasteiger partial charge in [0, 0.05) is 34.9 Å². The van der Waals surface area contributed by atoms with Crippen molar-refractivity contribution in [2.24, 2.45) is 0 Å². The molecule has 0 amide bonds. The standard InChI is InChI=1S/C15H23ClN2/c1-11-8-12(16)6-7-13(11)18-9-14(2,3)17-15(4,5)10-18/h6-8,17H,9-10H2,1-5H3. The number of rotatable bonds is 1. The largest absolute Gasteiger partial charge is 0.368 e. The van der Waals surface area contributed by atoms with Gasteiger partial charge < -0.3 is 10.2 Å². The molecule has 0 atom stereocenters. The van der Waals surface area contributed by atoms with Gasteiger partial charge in [-0.25, -0.2) is 0 Å². The molecule has 0 aliphatic carbocycles. The van der Waals surface area contributed by atoms with Crippen LogP contribution in [0, 0.1) is 6.92 Å². The number of hydrogen-bond donors (Lipinski definition) is 1. The lowest BCUT2D eigenvalue weighted by Crippen LogP contribution is -2.67. The fraction of sp³-hybridized carbons (Fsp3) is 0.600. The molecule has 0 saturated carbocycles. The molecule has 0 bridgehead atoms. The molecule has 18 heavy (non-hydrogen) atoms. The van der Waals surface area contributed by atoms with Crippen LogP contribution in [0.3, 0.4) is 0 Å². The summed E-state index contributed by atoms with van der Waals surface area (Å²) in [6.07, 6.45) is 0. The second-order valence-electron chi connectivity index (χ2n) is 6.68. The molecular formula is C15H23ClN2. The van der Waals surface area contributed by atoms with Gasteiger partial charge in [-0.15, -0.1) is 0 Å². The Morgan fingerprint density at radius 1 is 1.11 bits per heavy atom. The van der Waals surface area contributed by atoms with Crippen molar-refractivity contribution in [1.82, 2.24) is 5.32 Å². The molecule has 1 aliphatic rings.